The van der Waals surface area contributed by atoms with Crippen LogP contribution in [0.2, 0.25) is 0 Å². The molecule has 1 fully saturated rings. The van der Waals surface area contributed by atoms with E-state index in [9.17, 15) is 13.2 Å². The standard InChI is InChI=1S/C11H15F3N4/c1-15-7-2-3-8(4-7)18-10-6-16-9(5-17-10)11(12,13)14/h5-8,15H,2-4H2,1H3,(H,17,18)/t7-,8+/m1/s1. The molecule has 2 N–H and O–H groups in total. The Labute approximate surface area is 103 Å². The second kappa shape index (κ2) is 5.09. The molecule has 1 aromatic rings. The molecule has 0 amide bonds. The number of alkyl halides is 3. The minimum Gasteiger partial charge on any atom is -0.366 e. The van der Waals surface area contributed by atoms with Crippen LogP contribution in [-0.2, 0) is 6.18 Å². The van der Waals surface area contributed by atoms with Crippen molar-refractivity contribution < 1.29 is 13.2 Å². The minimum absolute atomic E-state index is 0.244. The van der Waals surface area contributed by atoms with Gasteiger partial charge in [-0.25, -0.2) is 9.97 Å². The zero-order valence-electron chi connectivity index (χ0n) is 9.96. The molecule has 2 rings (SSSR count). The SMILES string of the molecule is CN[C@@H]1CC[C@H](Nc2cnc(C(F)(F)F)cn2)C1. The van der Waals surface area contributed by atoms with Gasteiger partial charge < -0.3 is 10.6 Å². The third-order valence-corrected chi connectivity index (χ3v) is 3.14. The van der Waals surface area contributed by atoms with E-state index in [0.717, 1.165) is 31.7 Å². The van der Waals surface area contributed by atoms with Gasteiger partial charge in [-0.3, -0.25) is 0 Å². The van der Waals surface area contributed by atoms with Crippen LogP contribution in [0.5, 0.6) is 0 Å². The fourth-order valence-corrected chi connectivity index (χ4v) is 2.13. The molecule has 1 heterocycles. The molecule has 0 unspecified atom stereocenters. The fraction of sp³-hybridized carbons (Fsp3) is 0.636. The molecular weight excluding hydrogens is 245 g/mol. The Kier molecular flexibility index (Phi) is 3.70. The van der Waals surface area contributed by atoms with Crippen molar-refractivity contribution in [2.24, 2.45) is 0 Å². The molecule has 7 heteroatoms. The summed E-state index contributed by atoms with van der Waals surface area (Å²) in [5.41, 5.74) is -0.965. The van der Waals surface area contributed by atoms with Gasteiger partial charge in [0.1, 0.15) is 5.82 Å². The van der Waals surface area contributed by atoms with Gasteiger partial charge in [-0.15, -0.1) is 0 Å². The van der Waals surface area contributed by atoms with Gasteiger partial charge in [0.05, 0.1) is 12.4 Å². The van der Waals surface area contributed by atoms with Crippen molar-refractivity contribution in [1.29, 1.82) is 0 Å². The van der Waals surface area contributed by atoms with E-state index < -0.39 is 11.9 Å². The van der Waals surface area contributed by atoms with E-state index in [2.05, 4.69) is 20.6 Å². The normalized spacial score (nSPS) is 24.2. The minimum atomic E-state index is -4.43. The fourth-order valence-electron chi connectivity index (χ4n) is 2.13. The average molecular weight is 260 g/mol. The zero-order chi connectivity index (χ0) is 13.2. The summed E-state index contributed by atoms with van der Waals surface area (Å²) in [5, 5.41) is 6.29. The van der Waals surface area contributed by atoms with Crippen molar-refractivity contribution in [3.63, 3.8) is 0 Å². The monoisotopic (exact) mass is 260 g/mol. The van der Waals surface area contributed by atoms with Crippen LogP contribution in [0.4, 0.5) is 19.0 Å². The lowest BCUT2D eigenvalue weighted by Gasteiger charge is -2.14. The van der Waals surface area contributed by atoms with Gasteiger partial charge in [0.25, 0.3) is 0 Å². The van der Waals surface area contributed by atoms with E-state index in [4.69, 9.17) is 0 Å². The summed E-state index contributed by atoms with van der Waals surface area (Å²) in [7, 11) is 1.91. The highest BCUT2D eigenvalue weighted by atomic mass is 19.4. The smallest absolute Gasteiger partial charge is 0.366 e. The van der Waals surface area contributed by atoms with Gasteiger partial charge in [-0.2, -0.15) is 13.2 Å². The molecule has 1 aromatic heterocycles. The third kappa shape index (κ3) is 3.10. The second-order valence-corrected chi connectivity index (χ2v) is 4.42. The number of hydrogen-bond donors (Lipinski definition) is 2. The Balaban J connectivity index is 1.95. The van der Waals surface area contributed by atoms with Crippen molar-refractivity contribution in [1.82, 2.24) is 15.3 Å². The Morgan fingerprint density at radius 3 is 2.39 bits per heavy atom. The topological polar surface area (TPSA) is 49.8 Å². The van der Waals surface area contributed by atoms with Crippen LogP contribution in [0.25, 0.3) is 0 Å². The molecule has 1 aliphatic rings. The highest BCUT2D eigenvalue weighted by Gasteiger charge is 2.33. The summed E-state index contributed by atoms with van der Waals surface area (Å²) in [6.45, 7) is 0. The molecule has 100 valence electrons. The maximum Gasteiger partial charge on any atom is 0.434 e. The van der Waals surface area contributed by atoms with Crippen molar-refractivity contribution in [2.45, 2.75) is 37.5 Å². The predicted octanol–water partition coefficient (Wildman–Crippen LogP) is 2.05. The van der Waals surface area contributed by atoms with Crippen molar-refractivity contribution in [3.8, 4) is 0 Å². The Morgan fingerprint density at radius 1 is 1.17 bits per heavy atom. The Morgan fingerprint density at radius 2 is 1.89 bits per heavy atom. The number of hydrogen-bond acceptors (Lipinski definition) is 4. The lowest BCUT2D eigenvalue weighted by molar-refractivity contribution is -0.141. The number of nitrogens with one attached hydrogen (secondary N) is 2. The zero-order valence-corrected chi connectivity index (χ0v) is 9.96. The molecule has 0 aliphatic heterocycles. The van der Waals surface area contributed by atoms with Gasteiger partial charge in [-0.1, -0.05) is 0 Å². The summed E-state index contributed by atoms with van der Waals surface area (Å²) < 4.78 is 36.9. The quantitative estimate of drug-likeness (QED) is 0.873. The maximum atomic E-state index is 12.3. The first-order valence-electron chi connectivity index (χ1n) is 5.82. The van der Waals surface area contributed by atoms with Gasteiger partial charge in [-0.05, 0) is 26.3 Å². The van der Waals surface area contributed by atoms with Crippen LogP contribution in [-0.4, -0.2) is 29.1 Å². The highest BCUT2D eigenvalue weighted by molar-refractivity contribution is 5.33. The van der Waals surface area contributed by atoms with Gasteiger partial charge in [0.15, 0.2) is 5.69 Å². The lowest BCUT2D eigenvalue weighted by atomic mass is 10.2. The summed E-state index contributed by atoms with van der Waals surface area (Å²) in [6, 6.07) is 0.707. The van der Waals surface area contributed by atoms with E-state index in [1.165, 1.54) is 0 Å². The average Bonchev–Trinajstić information content (AvgIpc) is 2.76. The summed E-state index contributed by atoms with van der Waals surface area (Å²) >= 11 is 0. The highest BCUT2D eigenvalue weighted by Crippen LogP contribution is 2.27. The van der Waals surface area contributed by atoms with Crippen molar-refractivity contribution in [3.05, 3.63) is 18.1 Å². The molecule has 1 aliphatic carbocycles. The number of rotatable bonds is 3. The van der Waals surface area contributed by atoms with Gasteiger partial charge in [0.2, 0.25) is 0 Å². The van der Waals surface area contributed by atoms with Crippen LogP contribution >= 0.6 is 0 Å². The van der Waals surface area contributed by atoms with Crippen LogP contribution in [0, 0.1) is 0 Å². The molecule has 0 bridgehead atoms. The molecule has 0 saturated heterocycles. The molecule has 0 spiro atoms. The van der Waals surface area contributed by atoms with Crippen molar-refractivity contribution in [2.75, 3.05) is 12.4 Å². The summed E-state index contributed by atoms with van der Waals surface area (Å²) in [6.07, 6.45) is 0.439. The van der Waals surface area contributed by atoms with Gasteiger partial charge >= 0.3 is 6.18 Å². The molecule has 0 radical (unpaired) electrons. The maximum absolute atomic E-state index is 12.3. The van der Waals surface area contributed by atoms with E-state index in [-0.39, 0.29) is 6.04 Å². The van der Waals surface area contributed by atoms with Gasteiger partial charge in [0, 0.05) is 12.1 Å². The van der Waals surface area contributed by atoms with Crippen LogP contribution in [0.3, 0.4) is 0 Å². The van der Waals surface area contributed by atoms with Crippen LogP contribution in [0.15, 0.2) is 12.4 Å². The number of halogens is 3. The van der Waals surface area contributed by atoms with Crippen LogP contribution < -0.4 is 10.6 Å². The molecule has 4 nitrogen and oxygen atoms in total. The van der Waals surface area contributed by atoms with Crippen molar-refractivity contribution >= 4 is 5.82 Å². The first kappa shape index (κ1) is 13.1. The van der Waals surface area contributed by atoms with E-state index in [1.807, 2.05) is 7.05 Å². The summed E-state index contributed by atoms with van der Waals surface area (Å²) in [4.78, 5) is 7.11. The number of nitrogens with zero attached hydrogens (tertiary/aromatic N) is 2. The Hall–Kier alpha value is -1.37. The second-order valence-electron chi connectivity index (χ2n) is 4.42. The largest absolute Gasteiger partial charge is 0.434 e. The summed E-state index contributed by atoms with van der Waals surface area (Å²) in [5.74, 6) is 0.393. The first-order chi connectivity index (χ1) is 8.49. The van der Waals surface area contributed by atoms with E-state index in [1.54, 1.807) is 0 Å². The molecule has 1 saturated carbocycles. The third-order valence-electron chi connectivity index (χ3n) is 3.14. The van der Waals surface area contributed by atoms with Crippen LogP contribution in [0.1, 0.15) is 25.0 Å². The molecular formula is C11H15F3N4. The Bertz CT molecular complexity index is 390. The molecule has 18 heavy (non-hydrogen) atoms. The van der Waals surface area contributed by atoms with E-state index in [0.29, 0.717) is 11.9 Å². The molecule has 0 aromatic carbocycles. The molecule has 2 atom stereocenters. The van der Waals surface area contributed by atoms with E-state index >= 15 is 0 Å². The lowest BCUT2D eigenvalue weighted by Crippen LogP contribution is -2.24. The first-order valence-corrected chi connectivity index (χ1v) is 5.82. The predicted molar refractivity (Wildman–Crippen MR) is 61.1 cm³/mol. The number of anilines is 1. The number of aromatic nitrogens is 2.